The second kappa shape index (κ2) is 11.7. The molecule has 3 rings (SSSR count). The van der Waals surface area contributed by atoms with E-state index < -0.39 is 11.9 Å². The fourth-order valence-corrected chi connectivity index (χ4v) is 2.96. The Labute approximate surface area is 189 Å². The van der Waals surface area contributed by atoms with Crippen molar-refractivity contribution < 1.29 is 33.5 Å². The number of carboxylic acid groups (broad SMARTS) is 1. The van der Waals surface area contributed by atoms with Gasteiger partial charge in [0, 0.05) is 35.5 Å². The summed E-state index contributed by atoms with van der Waals surface area (Å²) in [5, 5.41) is 12.6. The molecule has 2 heterocycles. The van der Waals surface area contributed by atoms with Crippen molar-refractivity contribution in [1.29, 1.82) is 0 Å². The molecule has 0 aliphatic carbocycles. The van der Waals surface area contributed by atoms with Crippen molar-refractivity contribution in [2.75, 3.05) is 31.2 Å². The van der Waals surface area contributed by atoms with E-state index in [4.69, 9.17) is 19.5 Å². The number of carbonyl (C=O) groups is 2. The van der Waals surface area contributed by atoms with E-state index in [-0.39, 0.29) is 23.7 Å². The lowest BCUT2D eigenvalue weighted by atomic mass is 10.1. The molecule has 1 aromatic carbocycles. The van der Waals surface area contributed by atoms with Gasteiger partial charge in [-0.25, -0.2) is 19.2 Å². The molecule has 1 amide bonds. The van der Waals surface area contributed by atoms with Crippen LogP contribution in [-0.2, 0) is 25.8 Å². The molecule has 11 nitrogen and oxygen atoms in total. The number of rotatable bonds is 11. The molecule has 0 saturated carbocycles. The third kappa shape index (κ3) is 6.84. The molecule has 12 heteroatoms. The van der Waals surface area contributed by atoms with Gasteiger partial charge in [-0.3, -0.25) is 9.63 Å². The van der Waals surface area contributed by atoms with E-state index >= 15 is 0 Å². The van der Waals surface area contributed by atoms with Crippen molar-refractivity contribution in [2.24, 2.45) is 5.16 Å². The first-order valence-electron chi connectivity index (χ1n) is 10.3. The van der Waals surface area contributed by atoms with Crippen LogP contribution in [-0.4, -0.2) is 59.2 Å². The molecule has 1 aliphatic rings. The maximum atomic E-state index is 14.7. The zero-order chi connectivity index (χ0) is 23.6. The fraction of sp³-hybridized carbons (Fsp3) is 0.381. The smallest absolute Gasteiger partial charge is 0.428 e. The summed E-state index contributed by atoms with van der Waals surface area (Å²) in [4.78, 5) is 42.1. The van der Waals surface area contributed by atoms with Crippen LogP contribution in [0.5, 0.6) is 0 Å². The maximum absolute atomic E-state index is 14.7. The zero-order valence-corrected chi connectivity index (χ0v) is 18.0. The first-order valence-corrected chi connectivity index (χ1v) is 10.3. The minimum Gasteiger partial charge on any atom is -0.466 e. The van der Waals surface area contributed by atoms with E-state index in [1.165, 1.54) is 18.5 Å². The standard InChI is InChI=1S/C21H24FN5O6/c1-2-31-18(28)7-4-8-32-25-16-11-27(12-16)20-23-9-15(10-24-20)17-6-3-5-14(19(17)22)13-33-26-21(29)30/h3,5-6,9-10,26H,2,4,7-8,11-13H2,1H3,(H,29,30). The highest BCUT2D eigenvalue weighted by molar-refractivity contribution is 5.98. The quantitative estimate of drug-likeness (QED) is 0.294. The Morgan fingerprint density at radius 3 is 2.73 bits per heavy atom. The SMILES string of the molecule is CCOC(=O)CCCON=C1CN(c2ncc(-c3cccc(CONC(=O)O)c3F)cn2)C1. The van der Waals surface area contributed by atoms with Crippen molar-refractivity contribution in [3.05, 3.63) is 42.0 Å². The first kappa shape index (κ1) is 23.9. The van der Waals surface area contributed by atoms with Gasteiger partial charge in [-0.1, -0.05) is 23.4 Å². The number of hydroxylamine groups is 1. The Kier molecular flexibility index (Phi) is 8.47. The van der Waals surface area contributed by atoms with E-state index in [1.807, 2.05) is 4.90 Å². The molecule has 1 saturated heterocycles. The van der Waals surface area contributed by atoms with Gasteiger partial charge in [-0.15, -0.1) is 0 Å². The van der Waals surface area contributed by atoms with Gasteiger partial charge in [0.05, 0.1) is 25.4 Å². The van der Waals surface area contributed by atoms with Crippen LogP contribution in [0.2, 0.25) is 0 Å². The van der Waals surface area contributed by atoms with Gasteiger partial charge in [0.1, 0.15) is 19.0 Å². The third-order valence-electron chi connectivity index (χ3n) is 4.56. The number of hydrogen-bond donors (Lipinski definition) is 2. The fourth-order valence-electron chi connectivity index (χ4n) is 2.96. The van der Waals surface area contributed by atoms with Crippen LogP contribution in [0, 0.1) is 5.82 Å². The van der Waals surface area contributed by atoms with Gasteiger partial charge < -0.3 is 19.6 Å². The van der Waals surface area contributed by atoms with Crippen LogP contribution >= 0.6 is 0 Å². The zero-order valence-electron chi connectivity index (χ0n) is 18.0. The molecule has 2 N–H and O–H groups in total. The largest absolute Gasteiger partial charge is 0.466 e. The Bertz CT molecular complexity index is 993. The van der Waals surface area contributed by atoms with Crippen LogP contribution in [0.1, 0.15) is 25.3 Å². The summed E-state index contributed by atoms with van der Waals surface area (Å²) in [6.07, 6.45) is 2.49. The summed E-state index contributed by atoms with van der Waals surface area (Å²) in [6, 6.07) is 4.71. The van der Waals surface area contributed by atoms with E-state index in [2.05, 4.69) is 15.1 Å². The molecule has 33 heavy (non-hydrogen) atoms. The lowest BCUT2D eigenvalue weighted by molar-refractivity contribution is -0.143. The number of ether oxygens (including phenoxy) is 1. The van der Waals surface area contributed by atoms with Crippen molar-refractivity contribution in [1.82, 2.24) is 15.4 Å². The minimum absolute atomic E-state index is 0.191. The number of aromatic nitrogens is 2. The summed E-state index contributed by atoms with van der Waals surface area (Å²) >= 11 is 0. The number of carbonyl (C=O) groups excluding carboxylic acids is 1. The van der Waals surface area contributed by atoms with Crippen molar-refractivity contribution in [3.8, 4) is 11.1 Å². The topological polar surface area (TPSA) is 135 Å². The monoisotopic (exact) mass is 461 g/mol. The van der Waals surface area contributed by atoms with Gasteiger partial charge >= 0.3 is 12.1 Å². The predicted octanol–water partition coefficient (Wildman–Crippen LogP) is 2.52. The van der Waals surface area contributed by atoms with Crippen molar-refractivity contribution >= 4 is 23.7 Å². The molecule has 1 fully saturated rings. The Morgan fingerprint density at radius 2 is 2.03 bits per heavy atom. The van der Waals surface area contributed by atoms with Gasteiger partial charge in [-0.05, 0) is 13.3 Å². The van der Waals surface area contributed by atoms with E-state index in [9.17, 15) is 14.0 Å². The second-order valence-electron chi connectivity index (χ2n) is 7.00. The third-order valence-corrected chi connectivity index (χ3v) is 4.56. The predicted molar refractivity (Wildman–Crippen MR) is 115 cm³/mol. The highest BCUT2D eigenvalue weighted by Crippen LogP contribution is 2.25. The number of amides is 1. The van der Waals surface area contributed by atoms with Crippen molar-refractivity contribution in [3.63, 3.8) is 0 Å². The van der Waals surface area contributed by atoms with Gasteiger partial charge in [0.25, 0.3) is 0 Å². The summed E-state index contributed by atoms with van der Waals surface area (Å²) < 4.78 is 19.6. The Morgan fingerprint density at radius 1 is 1.27 bits per heavy atom. The van der Waals surface area contributed by atoms with Crippen LogP contribution in [0.25, 0.3) is 11.1 Å². The number of hydrogen-bond acceptors (Lipinski definition) is 9. The number of benzene rings is 1. The molecule has 0 atom stereocenters. The number of anilines is 1. The molecule has 0 radical (unpaired) electrons. The summed E-state index contributed by atoms with van der Waals surface area (Å²) in [5.41, 5.74) is 3.50. The molecular weight excluding hydrogens is 437 g/mol. The molecule has 0 unspecified atom stereocenters. The number of halogens is 1. The summed E-state index contributed by atoms with van der Waals surface area (Å²) in [6.45, 7) is 3.21. The van der Waals surface area contributed by atoms with Crippen LogP contribution in [0.4, 0.5) is 15.1 Å². The lowest BCUT2D eigenvalue weighted by Crippen LogP contribution is -2.48. The molecule has 1 aliphatic heterocycles. The Balaban J connectivity index is 1.48. The van der Waals surface area contributed by atoms with E-state index in [1.54, 1.807) is 24.5 Å². The number of oxime groups is 1. The van der Waals surface area contributed by atoms with Crippen molar-refractivity contribution in [2.45, 2.75) is 26.4 Å². The minimum atomic E-state index is -1.37. The van der Waals surface area contributed by atoms with E-state index in [0.29, 0.717) is 50.7 Å². The van der Waals surface area contributed by atoms with Crippen LogP contribution in [0.3, 0.4) is 0 Å². The molecular formula is C21H24FN5O6. The Hall–Kier alpha value is -3.80. The second-order valence-corrected chi connectivity index (χ2v) is 7.00. The van der Waals surface area contributed by atoms with Crippen LogP contribution in [0.15, 0.2) is 35.7 Å². The van der Waals surface area contributed by atoms with Gasteiger partial charge in [0.2, 0.25) is 5.95 Å². The summed E-state index contributed by atoms with van der Waals surface area (Å²) in [7, 11) is 0. The molecule has 0 bridgehead atoms. The molecule has 0 spiro atoms. The highest BCUT2D eigenvalue weighted by Gasteiger charge is 2.25. The molecule has 176 valence electrons. The maximum Gasteiger partial charge on any atom is 0.428 e. The van der Waals surface area contributed by atoms with Crippen LogP contribution < -0.4 is 10.4 Å². The number of nitrogens with zero attached hydrogens (tertiary/aromatic N) is 4. The lowest BCUT2D eigenvalue weighted by Gasteiger charge is -2.31. The van der Waals surface area contributed by atoms with E-state index in [0.717, 1.165) is 5.71 Å². The van der Waals surface area contributed by atoms with Gasteiger partial charge in [0.15, 0.2) is 0 Å². The normalized spacial score (nSPS) is 12.7. The average Bonchev–Trinajstić information content (AvgIpc) is 2.76. The number of esters is 1. The molecule has 1 aromatic heterocycles. The number of nitrogens with one attached hydrogen (secondary N) is 1. The van der Waals surface area contributed by atoms with Gasteiger partial charge in [-0.2, -0.15) is 5.48 Å². The highest BCUT2D eigenvalue weighted by atomic mass is 19.1. The summed E-state index contributed by atoms with van der Waals surface area (Å²) in [5.74, 6) is -0.315. The molecule has 2 aromatic rings. The average molecular weight is 461 g/mol. The first-order chi connectivity index (χ1) is 16.0.